The van der Waals surface area contributed by atoms with Gasteiger partial charge in [0.05, 0.1) is 5.69 Å². The molecule has 0 N–H and O–H groups in total. The van der Waals surface area contributed by atoms with Crippen molar-refractivity contribution in [1.29, 1.82) is 0 Å². The van der Waals surface area contributed by atoms with E-state index in [-0.39, 0.29) is 0 Å². The first-order chi connectivity index (χ1) is 16.0. The minimum absolute atomic E-state index is 0.322. The molecule has 1 heterocycles. The van der Waals surface area contributed by atoms with Gasteiger partial charge in [0.15, 0.2) is 0 Å². The molecule has 0 saturated heterocycles. The molecule has 6 heteroatoms. The Morgan fingerprint density at radius 1 is 0.697 bits per heavy atom. The van der Waals surface area contributed by atoms with E-state index >= 15 is 0 Å². The number of fused-ring (bicyclic) bond motifs is 1. The van der Waals surface area contributed by atoms with Gasteiger partial charge in [0, 0.05) is 35.8 Å². The Kier molecular flexibility index (Phi) is 6.68. The third kappa shape index (κ3) is 4.41. The third-order valence-electron chi connectivity index (χ3n) is 5.94. The first kappa shape index (κ1) is 23.1. The van der Waals surface area contributed by atoms with E-state index in [2.05, 4.69) is 156 Å². The minimum atomic E-state index is -2.41. The number of benzene rings is 4. The molecule has 0 fully saturated rings. The highest BCUT2D eigenvalue weighted by molar-refractivity contribution is 9.11. The Morgan fingerprint density at radius 2 is 1.18 bits per heavy atom. The van der Waals surface area contributed by atoms with Crippen LogP contribution in [0.2, 0.25) is 0 Å². The molecule has 4 aromatic rings. The molecule has 1 aliphatic heterocycles. The molecule has 0 amide bonds. The average molecular weight is 645 g/mol. The summed E-state index contributed by atoms with van der Waals surface area (Å²) in [6, 6.07) is 34.9. The third-order valence-corrected chi connectivity index (χ3v) is 11.3. The Hall–Kier alpha value is -1.65. The molecule has 166 valence electrons. The van der Waals surface area contributed by atoms with Crippen molar-refractivity contribution in [2.45, 2.75) is 19.4 Å². The second kappa shape index (κ2) is 9.54. The molecule has 4 aromatic carbocycles. The maximum absolute atomic E-state index is 5.65. The van der Waals surface area contributed by atoms with E-state index in [1.165, 1.54) is 21.9 Å². The number of hydrogen-bond acceptors (Lipinski definition) is 1. The summed E-state index contributed by atoms with van der Waals surface area (Å²) in [6.07, 6.45) is 1.01. The number of nitrogens with zero attached hydrogens (tertiary/aromatic N) is 2. The summed E-state index contributed by atoms with van der Waals surface area (Å²) in [5.74, 6) is 0. The molecule has 0 radical (unpaired) electrons. The van der Waals surface area contributed by atoms with E-state index in [0.717, 1.165) is 25.5 Å². The van der Waals surface area contributed by atoms with Crippen molar-refractivity contribution in [2.75, 3.05) is 4.67 Å². The van der Waals surface area contributed by atoms with Crippen molar-refractivity contribution in [1.82, 2.24) is 0 Å². The molecule has 5 rings (SSSR count). The number of hydrogen-bond donors (Lipinski definition) is 0. The molecule has 2 nitrogen and oxygen atoms in total. The maximum Gasteiger partial charge on any atom is 0.118 e. The highest BCUT2D eigenvalue weighted by Crippen LogP contribution is 2.59. The van der Waals surface area contributed by atoms with Gasteiger partial charge in [0.1, 0.15) is 7.21 Å². The van der Waals surface area contributed by atoms with Crippen LogP contribution in [-0.4, -0.2) is 6.04 Å². The summed E-state index contributed by atoms with van der Waals surface area (Å²) >= 11 is 10.8. The zero-order valence-electron chi connectivity index (χ0n) is 18.0. The molecule has 0 aromatic heterocycles. The van der Waals surface area contributed by atoms with Crippen LogP contribution in [0.15, 0.2) is 115 Å². The normalized spacial score (nSPS) is 15.4. The van der Waals surface area contributed by atoms with Crippen LogP contribution in [-0.2, 0) is 6.42 Å². The van der Waals surface area contributed by atoms with E-state index in [1.807, 2.05) is 0 Å². The molecular weight excluding hydrogens is 623 g/mol. The molecular formula is C27H22Br3N2P. The summed E-state index contributed by atoms with van der Waals surface area (Å²) in [4.78, 5) is 0. The van der Waals surface area contributed by atoms with Gasteiger partial charge in [0.25, 0.3) is 0 Å². The smallest absolute Gasteiger partial charge is 0.118 e. The van der Waals surface area contributed by atoms with Crippen LogP contribution in [0.25, 0.3) is 0 Å². The predicted molar refractivity (Wildman–Crippen MR) is 153 cm³/mol. The number of rotatable bonds is 4. The fourth-order valence-corrected chi connectivity index (χ4v) is 9.20. The van der Waals surface area contributed by atoms with E-state index in [1.54, 1.807) is 0 Å². The lowest BCUT2D eigenvalue weighted by Crippen LogP contribution is -2.36. The van der Waals surface area contributed by atoms with Crippen LogP contribution in [0.4, 0.5) is 11.4 Å². The Balaban J connectivity index is 1.89. The number of halogens is 3. The SMILES string of the molecule is CC1Cc2ccccc2N1P(=Nc1ccc(Br)cc1)(c1ccc(Br)cc1)c1ccc(Br)cc1. The van der Waals surface area contributed by atoms with Crippen LogP contribution in [0, 0.1) is 0 Å². The van der Waals surface area contributed by atoms with Gasteiger partial charge in [-0.25, -0.2) is 4.74 Å². The highest BCUT2D eigenvalue weighted by atomic mass is 79.9. The fraction of sp³-hybridized carbons (Fsp3) is 0.111. The van der Waals surface area contributed by atoms with Gasteiger partial charge < -0.3 is 4.67 Å². The van der Waals surface area contributed by atoms with Gasteiger partial charge in [0.2, 0.25) is 0 Å². The lowest BCUT2D eigenvalue weighted by Gasteiger charge is -2.40. The van der Waals surface area contributed by atoms with Gasteiger partial charge in [-0.3, -0.25) is 0 Å². The van der Waals surface area contributed by atoms with Crippen LogP contribution < -0.4 is 15.3 Å². The van der Waals surface area contributed by atoms with Gasteiger partial charge in [-0.1, -0.05) is 66.0 Å². The van der Waals surface area contributed by atoms with Gasteiger partial charge >= 0.3 is 0 Å². The molecule has 0 bridgehead atoms. The molecule has 0 saturated carbocycles. The van der Waals surface area contributed by atoms with Crippen molar-refractivity contribution in [2.24, 2.45) is 4.74 Å². The van der Waals surface area contributed by atoms with Gasteiger partial charge in [-0.2, -0.15) is 0 Å². The lowest BCUT2D eigenvalue weighted by molar-refractivity contribution is 0.789. The second-order valence-electron chi connectivity index (χ2n) is 8.16. The fourth-order valence-electron chi connectivity index (χ4n) is 4.52. The Labute approximate surface area is 220 Å². The first-order valence-corrected chi connectivity index (χ1v) is 14.8. The van der Waals surface area contributed by atoms with Crippen molar-refractivity contribution < 1.29 is 0 Å². The van der Waals surface area contributed by atoms with Crippen molar-refractivity contribution in [3.63, 3.8) is 0 Å². The number of anilines is 1. The van der Waals surface area contributed by atoms with E-state index in [4.69, 9.17) is 4.74 Å². The molecule has 1 unspecified atom stereocenters. The monoisotopic (exact) mass is 642 g/mol. The zero-order chi connectivity index (χ0) is 23.0. The van der Waals surface area contributed by atoms with Crippen LogP contribution in [0.5, 0.6) is 0 Å². The molecule has 33 heavy (non-hydrogen) atoms. The van der Waals surface area contributed by atoms with E-state index < -0.39 is 7.21 Å². The van der Waals surface area contributed by atoms with Crippen LogP contribution in [0.1, 0.15) is 12.5 Å². The Morgan fingerprint density at radius 3 is 1.73 bits per heavy atom. The summed E-state index contributed by atoms with van der Waals surface area (Å²) in [5.41, 5.74) is 3.65. The van der Waals surface area contributed by atoms with E-state index in [0.29, 0.717) is 6.04 Å². The first-order valence-electron chi connectivity index (χ1n) is 10.8. The second-order valence-corrected chi connectivity index (χ2v) is 13.8. The quantitative estimate of drug-likeness (QED) is 0.203. The molecule has 1 atom stereocenters. The minimum Gasteiger partial charge on any atom is -0.328 e. The van der Waals surface area contributed by atoms with E-state index in [9.17, 15) is 0 Å². The van der Waals surface area contributed by atoms with Crippen molar-refractivity contribution in [3.8, 4) is 0 Å². The van der Waals surface area contributed by atoms with Gasteiger partial charge in [-0.15, -0.1) is 0 Å². The summed E-state index contributed by atoms with van der Waals surface area (Å²) in [5, 5.41) is 2.47. The van der Waals surface area contributed by atoms with Gasteiger partial charge in [-0.05, 0) is 97.8 Å². The number of para-hydroxylation sites is 1. The van der Waals surface area contributed by atoms with Crippen molar-refractivity contribution >= 4 is 77.0 Å². The highest BCUT2D eigenvalue weighted by Gasteiger charge is 2.40. The topological polar surface area (TPSA) is 15.6 Å². The maximum atomic E-state index is 5.65. The largest absolute Gasteiger partial charge is 0.328 e. The van der Waals surface area contributed by atoms with Crippen LogP contribution >= 0.6 is 55.0 Å². The lowest BCUT2D eigenvalue weighted by atomic mass is 10.1. The standard InChI is InChI=1S/C27H22Br3N2P/c1-19-18-20-4-2-3-5-27(20)32(19)33(25-14-8-22(29)9-15-25,26-16-10-23(30)11-17-26)31-24-12-6-21(28)7-13-24/h2-17,19H,18H2,1H3. The average Bonchev–Trinajstić information content (AvgIpc) is 3.16. The zero-order valence-corrected chi connectivity index (χ0v) is 23.7. The Bertz CT molecular complexity index is 1280. The molecule has 0 spiro atoms. The summed E-state index contributed by atoms with van der Waals surface area (Å²) in [7, 11) is -2.41. The molecule has 0 aliphatic carbocycles. The summed E-state index contributed by atoms with van der Waals surface area (Å²) in [6.45, 7) is 2.32. The van der Waals surface area contributed by atoms with Crippen molar-refractivity contribution in [3.05, 3.63) is 116 Å². The van der Waals surface area contributed by atoms with Crippen LogP contribution in [0.3, 0.4) is 0 Å². The molecule has 1 aliphatic rings. The predicted octanol–water partition coefficient (Wildman–Crippen LogP) is 8.82. The summed E-state index contributed by atoms with van der Waals surface area (Å²) < 4.78 is 11.4.